The van der Waals surface area contributed by atoms with Gasteiger partial charge >= 0.3 is 0 Å². The van der Waals surface area contributed by atoms with Gasteiger partial charge in [-0.25, -0.2) is 0 Å². The fourth-order valence-corrected chi connectivity index (χ4v) is 1.90. The molecule has 3 heteroatoms. The summed E-state index contributed by atoms with van der Waals surface area (Å²) in [7, 11) is 0. The smallest absolute Gasteiger partial charge is 0.0822 e. The van der Waals surface area contributed by atoms with Crippen LogP contribution >= 0.6 is 15.9 Å². The molecule has 1 aromatic rings. The molecule has 0 radical (unpaired) electrons. The van der Waals surface area contributed by atoms with Crippen molar-refractivity contribution in [2.45, 2.75) is 18.9 Å². The zero-order chi connectivity index (χ0) is 7.68. The molecule has 2 rings (SSSR count). The molecule has 0 aliphatic carbocycles. The second-order valence-electron chi connectivity index (χ2n) is 2.91. The van der Waals surface area contributed by atoms with Crippen LogP contribution in [0.1, 0.15) is 24.6 Å². The van der Waals surface area contributed by atoms with Gasteiger partial charge in [-0.15, -0.1) is 0 Å². The van der Waals surface area contributed by atoms with Crippen molar-refractivity contribution in [3.63, 3.8) is 0 Å². The van der Waals surface area contributed by atoms with Crippen molar-refractivity contribution in [3.05, 3.63) is 22.4 Å². The summed E-state index contributed by atoms with van der Waals surface area (Å²) in [6.07, 6.45) is 2.55. The minimum absolute atomic E-state index is 0.557. The largest absolute Gasteiger partial charge is 0.352 e. The predicted octanol–water partition coefficient (Wildman–Crippen LogP) is 2.20. The number of nitrogens with one attached hydrogen (secondary N) is 2. The van der Waals surface area contributed by atoms with Gasteiger partial charge in [-0.05, 0) is 47.4 Å². The first-order valence-electron chi connectivity index (χ1n) is 3.94. The first kappa shape index (κ1) is 7.37. The lowest BCUT2D eigenvalue weighted by atomic mass is 10.2. The molecule has 0 unspecified atom stereocenters. The summed E-state index contributed by atoms with van der Waals surface area (Å²) in [6, 6.07) is 4.74. The third kappa shape index (κ3) is 1.49. The Morgan fingerprint density at radius 1 is 1.45 bits per heavy atom. The topological polar surface area (TPSA) is 27.8 Å². The third-order valence-electron chi connectivity index (χ3n) is 2.11. The van der Waals surface area contributed by atoms with Crippen molar-refractivity contribution in [1.29, 1.82) is 0 Å². The maximum atomic E-state index is 3.43. The summed E-state index contributed by atoms with van der Waals surface area (Å²) < 4.78 is 1.07. The summed E-state index contributed by atoms with van der Waals surface area (Å²) in [5, 5.41) is 3.43. The van der Waals surface area contributed by atoms with Crippen LogP contribution in [0.25, 0.3) is 0 Å². The molecular formula is C8H11BrN2. The van der Waals surface area contributed by atoms with Gasteiger partial charge in [0.25, 0.3) is 0 Å². The molecule has 2 N–H and O–H groups in total. The van der Waals surface area contributed by atoms with E-state index in [4.69, 9.17) is 0 Å². The van der Waals surface area contributed by atoms with Crippen LogP contribution in [0.15, 0.2) is 16.7 Å². The van der Waals surface area contributed by atoms with E-state index in [0.717, 1.165) is 11.1 Å². The van der Waals surface area contributed by atoms with E-state index in [1.165, 1.54) is 18.5 Å². The van der Waals surface area contributed by atoms with Crippen molar-refractivity contribution < 1.29 is 0 Å². The molecule has 0 saturated carbocycles. The van der Waals surface area contributed by atoms with Crippen LogP contribution in [-0.2, 0) is 0 Å². The second kappa shape index (κ2) is 2.99. The fourth-order valence-electron chi connectivity index (χ4n) is 1.54. The summed E-state index contributed by atoms with van der Waals surface area (Å²) in [4.78, 5) is 3.27. The number of hydrogen-bond donors (Lipinski definition) is 2. The van der Waals surface area contributed by atoms with Gasteiger partial charge in [0.15, 0.2) is 0 Å². The molecule has 11 heavy (non-hydrogen) atoms. The highest BCUT2D eigenvalue weighted by Gasteiger charge is 2.16. The summed E-state index contributed by atoms with van der Waals surface area (Å²) in [5.74, 6) is 0. The van der Waals surface area contributed by atoms with Gasteiger partial charge in [-0.2, -0.15) is 0 Å². The molecule has 2 nitrogen and oxygen atoms in total. The van der Waals surface area contributed by atoms with E-state index in [1.807, 2.05) is 0 Å². The van der Waals surface area contributed by atoms with Crippen LogP contribution in [0.5, 0.6) is 0 Å². The van der Waals surface area contributed by atoms with Gasteiger partial charge in [0.2, 0.25) is 0 Å². The Labute approximate surface area is 74.5 Å². The van der Waals surface area contributed by atoms with E-state index >= 15 is 0 Å². The van der Waals surface area contributed by atoms with Crippen LogP contribution in [0.4, 0.5) is 0 Å². The molecule has 1 atom stereocenters. The van der Waals surface area contributed by atoms with Crippen LogP contribution in [0.3, 0.4) is 0 Å². The van der Waals surface area contributed by atoms with Crippen molar-refractivity contribution in [2.75, 3.05) is 6.54 Å². The first-order chi connectivity index (χ1) is 5.36. The molecule has 1 aliphatic rings. The molecule has 1 aromatic heterocycles. The SMILES string of the molecule is Brc1ccc([C@@H]2CCCN2)[nH]1. The fraction of sp³-hybridized carbons (Fsp3) is 0.500. The summed E-state index contributed by atoms with van der Waals surface area (Å²) in [5.41, 5.74) is 1.30. The Hall–Kier alpha value is -0.280. The quantitative estimate of drug-likeness (QED) is 0.738. The lowest BCUT2D eigenvalue weighted by Gasteiger charge is -2.06. The van der Waals surface area contributed by atoms with Crippen molar-refractivity contribution in [1.82, 2.24) is 10.3 Å². The zero-order valence-corrected chi connectivity index (χ0v) is 7.82. The number of aromatic amines is 1. The minimum atomic E-state index is 0.557. The number of halogens is 1. The lowest BCUT2D eigenvalue weighted by molar-refractivity contribution is 0.631. The van der Waals surface area contributed by atoms with E-state index in [9.17, 15) is 0 Å². The van der Waals surface area contributed by atoms with Crippen LogP contribution in [0, 0.1) is 0 Å². The molecule has 0 amide bonds. The maximum Gasteiger partial charge on any atom is 0.0822 e. The average Bonchev–Trinajstić information content (AvgIpc) is 2.55. The van der Waals surface area contributed by atoms with Gasteiger partial charge in [0, 0.05) is 11.7 Å². The Morgan fingerprint density at radius 2 is 2.36 bits per heavy atom. The lowest BCUT2D eigenvalue weighted by Crippen LogP contribution is -2.12. The summed E-state index contributed by atoms with van der Waals surface area (Å²) in [6.45, 7) is 1.15. The Kier molecular flexibility index (Phi) is 2.00. The summed E-state index contributed by atoms with van der Waals surface area (Å²) >= 11 is 3.40. The molecule has 0 spiro atoms. The van der Waals surface area contributed by atoms with Crippen molar-refractivity contribution in [2.24, 2.45) is 0 Å². The molecule has 2 heterocycles. The normalized spacial score (nSPS) is 24.3. The zero-order valence-electron chi connectivity index (χ0n) is 6.23. The van der Waals surface area contributed by atoms with E-state index in [2.05, 4.69) is 38.4 Å². The van der Waals surface area contributed by atoms with Crippen LogP contribution in [0.2, 0.25) is 0 Å². The van der Waals surface area contributed by atoms with E-state index in [-0.39, 0.29) is 0 Å². The second-order valence-corrected chi connectivity index (χ2v) is 3.76. The highest BCUT2D eigenvalue weighted by Crippen LogP contribution is 2.23. The number of hydrogen-bond acceptors (Lipinski definition) is 1. The molecule has 0 bridgehead atoms. The number of H-pyrrole nitrogens is 1. The standard InChI is InChI=1S/C8H11BrN2/c9-8-4-3-7(11-8)6-2-1-5-10-6/h3-4,6,10-11H,1-2,5H2/t6-/m0/s1. The Bertz CT molecular complexity index is 238. The third-order valence-corrected chi connectivity index (χ3v) is 2.57. The van der Waals surface area contributed by atoms with Crippen molar-refractivity contribution in [3.8, 4) is 0 Å². The molecule has 1 saturated heterocycles. The Balaban J connectivity index is 2.15. The first-order valence-corrected chi connectivity index (χ1v) is 4.73. The van der Waals surface area contributed by atoms with Crippen molar-refractivity contribution >= 4 is 15.9 Å². The van der Waals surface area contributed by atoms with E-state index in [0.29, 0.717) is 6.04 Å². The molecule has 1 aliphatic heterocycles. The monoisotopic (exact) mass is 214 g/mol. The molecule has 1 fully saturated rings. The molecule has 0 aromatic carbocycles. The average molecular weight is 215 g/mol. The van der Waals surface area contributed by atoms with Gasteiger partial charge in [0.05, 0.1) is 4.60 Å². The highest BCUT2D eigenvalue weighted by molar-refractivity contribution is 9.10. The van der Waals surface area contributed by atoms with E-state index in [1.54, 1.807) is 0 Å². The highest BCUT2D eigenvalue weighted by atomic mass is 79.9. The van der Waals surface area contributed by atoms with Gasteiger partial charge in [-0.1, -0.05) is 0 Å². The van der Waals surface area contributed by atoms with Crippen LogP contribution < -0.4 is 5.32 Å². The molecule has 60 valence electrons. The Morgan fingerprint density at radius 3 is 2.91 bits per heavy atom. The minimum Gasteiger partial charge on any atom is -0.352 e. The van der Waals surface area contributed by atoms with E-state index < -0.39 is 0 Å². The molecular weight excluding hydrogens is 204 g/mol. The van der Waals surface area contributed by atoms with Gasteiger partial charge in [0.1, 0.15) is 0 Å². The predicted molar refractivity (Wildman–Crippen MR) is 48.5 cm³/mol. The van der Waals surface area contributed by atoms with Gasteiger partial charge < -0.3 is 10.3 Å². The number of rotatable bonds is 1. The van der Waals surface area contributed by atoms with Gasteiger partial charge in [-0.3, -0.25) is 0 Å². The number of aromatic nitrogens is 1. The maximum absolute atomic E-state index is 3.43. The van der Waals surface area contributed by atoms with Crippen LogP contribution in [-0.4, -0.2) is 11.5 Å².